The van der Waals surface area contributed by atoms with Crippen LogP contribution in [0.2, 0.25) is 5.02 Å². The Kier molecular flexibility index (Phi) is 2.09. The topological polar surface area (TPSA) is 26.0 Å². The lowest BCUT2D eigenvalue weighted by Crippen LogP contribution is -2.31. The van der Waals surface area contributed by atoms with Gasteiger partial charge in [-0.1, -0.05) is 29.8 Å². The van der Waals surface area contributed by atoms with E-state index in [9.17, 15) is 0 Å². The van der Waals surface area contributed by atoms with Crippen molar-refractivity contribution >= 4 is 11.6 Å². The molecule has 0 aliphatic heterocycles. The summed E-state index contributed by atoms with van der Waals surface area (Å²) < 4.78 is 0. The molecule has 0 amide bonds. The summed E-state index contributed by atoms with van der Waals surface area (Å²) in [6, 6.07) is 8.23. The summed E-state index contributed by atoms with van der Waals surface area (Å²) in [5, 5.41) is 0.859. The Morgan fingerprint density at radius 2 is 2.00 bits per heavy atom. The fourth-order valence-electron chi connectivity index (χ4n) is 1.97. The second kappa shape index (κ2) is 3.00. The summed E-state index contributed by atoms with van der Waals surface area (Å²) in [4.78, 5) is 0. The van der Waals surface area contributed by atoms with Crippen molar-refractivity contribution in [3.05, 3.63) is 34.9 Å². The van der Waals surface area contributed by atoms with Crippen molar-refractivity contribution in [3.8, 4) is 0 Å². The Bertz CT molecular complexity index is 316. The molecule has 1 aliphatic carbocycles. The normalized spacial score (nSPS) is 21.2. The zero-order chi connectivity index (χ0) is 9.47. The molecular formula is C11H14ClN. The van der Waals surface area contributed by atoms with Crippen LogP contribution in [-0.2, 0) is 5.41 Å². The molecule has 1 aliphatic rings. The number of rotatable bonds is 2. The second-order valence-electron chi connectivity index (χ2n) is 3.92. The third-order valence-corrected chi connectivity index (χ3v) is 3.40. The fourth-order valence-corrected chi connectivity index (χ4v) is 2.29. The van der Waals surface area contributed by atoms with Crippen LogP contribution in [0.3, 0.4) is 0 Å². The van der Waals surface area contributed by atoms with E-state index in [-0.39, 0.29) is 11.5 Å². The highest BCUT2D eigenvalue weighted by molar-refractivity contribution is 6.31. The quantitative estimate of drug-likeness (QED) is 0.772. The first-order chi connectivity index (χ1) is 6.17. The van der Waals surface area contributed by atoms with Gasteiger partial charge in [-0.3, -0.25) is 0 Å². The van der Waals surface area contributed by atoms with Crippen molar-refractivity contribution < 1.29 is 0 Å². The Labute approximate surface area is 83.9 Å². The molecule has 1 saturated carbocycles. The highest BCUT2D eigenvalue weighted by Gasteiger charge is 2.48. The van der Waals surface area contributed by atoms with Crippen molar-refractivity contribution in [1.82, 2.24) is 0 Å². The molecule has 1 aromatic rings. The van der Waals surface area contributed by atoms with Crippen LogP contribution in [-0.4, -0.2) is 6.04 Å². The molecule has 13 heavy (non-hydrogen) atoms. The van der Waals surface area contributed by atoms with Crippen molar-refractivity contribution in [2.75, 3.05) is 0 Å². The van der Waals surface area contributed by atoms with Crippen LogP contribution in [0.1, 0.15) is 25.3 Å². The summed E-state index contributed by atoms with van der Waals surface area (Å²) in [5.41, 5.74) is 7.38. The molecule has 2 N–H and O–H groups in total. The molecule has 70 valence electrons. The number of hydrogen-bond acceptors (Lipinski definition) is 1. The molecule has 0 saturated heterocycles. The molecule has 1 unspecified atom stereocenters. The zero-order valence-electron chi connectivity index (χ0n) is 7.76. The lowest BCUT2D eigenvalue weighted by atomic mass is 9.89. The number of nitrogens with two attached hydrogens (primary N) is 1. The van der Waals surface area contributed by atoms with E-state index in [1.165, 1.54) is 18.4 Å². The first kappa shape index (κ1) is 9.04. The highest BCUT2D eigenvalue weighted by atomic mass is 35.5. The van der Waals surface area contributed by atoms with Crippen LogP contribution < -0.4 is 5.73 Å². The summed E-state index contributed by atoms with van der Waals surface area (Å²) in [5.74, 6) is 0. The minimum Gasteiger partial charge on any atom is -0.327 e. The Morgan fingerprint density at radius 1 is 1.38 bits per heavy atom. The number of halogens is 1. The molecule has 0 spiro atoms. The van der Waals surface area contributed by atoms with Crippen molar-refractivity contribution in [2.24, 2.45) is 5.73 Å². The molecule has 0 radical (unpaired) electrons. The monoisotopic (exact) mass is 195 g/mol. The van der Waals surface area contributed by atoms with Crippen molar-refractivity contribution in [1.29, 1.82) is 0 Å². The van der Waals surface area contributed by atoms with Gasteiger partial charge >= 0.3 is 0 Å². The molecule has 1 aromatic carbocycles. The SMILES string of the molecule is CC(N)C1(c2ccccc2Cl)CC1. The van der Waals surface area contributed by atoms with Crippen LogP contribution in [0.5, 0.6) is 0 Å². The van der Waals surface area contributed by atoms with Gasteiger partial charge in [-0.05, 0) is 31.4 Å². The van der Waals surface area contributed by atoms with Gasteiger partial charge in [0, 0.05) is 16.5 Å². The van der Waals surface area contributed by atoms with E-state index < -0.39 is 0 Å². The third kappa shape index (κ3) is 1.36. The van der Waals surface area contributed by atoms with E-state index in [1.807, 2.05) is 18.2 Å². The maximum absolute atomic E-state index is 6.14. The Morgan fingerprint density at radius 3 is 2.46 bits per heavy atom. The fraction of sp³-hybridized carbons (Fsp3) is 0.455. The van der Waals surface area contributed by atoms with E-state index in [0.29, 0.717) is 0 Å². The molecule has 1 fully saturated rings. The van der Waals surface area contributed by atoms with Gasteiger partial charge in [0.1, 0.15) is 0 Å². The second-order valence-corrected chi connectivity index (χ2v) is 4.33. The summed E-state index contributed by atoms with van der Waals surface area (Å²) >= 11 is 6.14. The van der Waals surface area contributed by atoms with Crippen LogP contribution in [0, 0.1) is 0 Å². The maximum Gasteiger partial charge on any atom is 0.0444 e. The molecule has 1 atom stereocenters. The van der Waals surface area contributed by atoms with Gasteiger partial charge in [-0.25, -0.2) is 0 Å². The van der Waals surface area contributed by atoms with Gasteiger partial charge in [0.05, 0.1) is 0 Å². The number of hydrogen-bond donors (Lipinski definition) is 1. The smallest absolute Gasteiger partial charge is 0.0444 e. The first-order valence-electron chi connectivity index (χ1n) is 4.67. The molecule has 1 nitrogen and oxygen atoms in total. The molecule has 0 bridgehead atoms. The van der Waals surface area contributed by atoms with Crippen LogP contribution >= 0.6 is 11.6 Å². The van der Waals surface area contributed by atoms with Gasteiger partial charge in [-0.15, -0.1) is 0 Å². The minimum absolute atomic E-state index is 0.179. The van der Waals surface area contributed by atoms with Crippen molar-refractivity contribution in [2.45, 2.75) is 31.2 Å². The zero-order valence-corrected chi connectivity index (χ0v) is 8.51. The van der Waals surface area contributed by atoms with Crippen LogP contribution in [0.15, 0.2) is 24.3 Å². The lowest BCUT2D eigenvalue weighted by Gasteiger charge is -2.21. The van der Waals surface area contributed by atoms with E-state index in [4.69, 9.17) is 17.3 Å². The van der Waals surface area contributed by atoms with E-state index in [0.717, 1.165) is 5.02 Å². The van der Waals surface area contributed by atoms with Gasteiger partial charge in [-0.2, -0.15) is 0 Å². The molecule has 2 rings (SSSR count). The average molecular weight is 196 g/mol. The minimum atomic E-state index is 0.179. The standard InChI is InChI=1S/C11H14ClN/c1-8(13)11(6-7-11)9-4-2-3-5-10(9)12/h2-5,8H,6-7,13H2,1H3. The molecule has 0 heterocycles. The lowest BCUT2D eigenvalue weighted by molar-refractivity contribution is 0.557. The van der Waals surface area contributed by atoms with Gasteiger partial charge in [0.15, 0.2) is 0 Å². The maximum atomic E-state index is 6.14. The molecule has 2 heteroatoms. The summed E-state index contributed by atoms with van der Waals surface area (Å²) in [7, 11) is 0. The van der Waals surface area contributed by atoms with E-state index in [1.54, 1.807) is 0 Å². The summed E-state index contributed by atoms with van der Waals surface area (Å²) in [6.45, 7) is 2.07. The predicted molar refractivity (Wildman–Crippen MR) is 56.0 cm³/mol. The highest BCUT2D eigenvalue weighted by Crippen LogP contribution is 2.52. The largest absolute Gasteiger partial charge is 0.327 e. The Balaban J connectivity index is 2.41. The molecular weight excluding hydrogens is 182 g/mol. The van der Waals surface area contributed by atoms with E-state index in [2.05, 4.69) is 13.0 Å². The van der Waals surface area contributed by atoms with Gasteiger partial charge in [0.2, 0.25) is 0 Å². The number of benzene rings is 1. The first-order valence-corrected chi connectivity index (χ1v) is 5.05. The molecule has 0 aromatic heterocycles. The van der Waals surface area contributed by atoms with Gasteiger partial charge < -0.3 is 5.73 Å². The summed E-state index contributed by atoms with van der Waals surface area (Å²) in [6.07, 6.45) is 2.35. The van der Waals surface area contributed by atoms with Gasteiger partial charge in [0.25, 0.3) is 0 Å². The van der Waals surface area contributed by atoms with E-state index >= 15 is 0 Å². The van der Waals surface area contributed by atoms with Crippen LogP contribution in [0.25, 0.3) is 0 Å². The third-order valence-electron chi connectivity index (χ3n) is 3.07. The Hall–Kier alpha value is -0.530. The predicted octanol–water partition coefficient (Wildman–Crippen LogP) is 2.72. The van der Waals surface area contributed by atoms with Crippen molar-refractivity contribution in [3.63, 3.8) is 0 Å². The van der Waals surface area contributed by atoms with Crippen LogP contribution in [0.4, 0.5) is 0 Å². The average Bonchev–Trinajstić information content (AvgIpc) is 2.85.